The lowest BCUT2D eigenvalue weighted by Crippen LogP contribution is -2.15. The minimum absolute atomic E-state index is 0.175. The highest BCUT2D eigenvalue weighted by Gasteiger charge is 2.07. The summed E-state index contributed by atoms with van der Waals surface area (Å²) in [6.07, 6.45) is 2.71. The first kappa shape index (κ1) is 11.2. The Morgan fingerprint density at radius 1 is 1.43 bits per heavy atom. The van der Waals surface area contributed by atoms with E-state index in [4.69, 9.17) is 0 Å². The van der Waals surface area contributed by atoms with Crippen molar-refractivity contribution in [2.45, 2.75) is 26.8 Å². The number of aryl methyl sites for hydroxylation is 2. The summed E-state index contributed by atoms with van der Waals surface area (Å²) < 4.78 is 24.1. The van der Waals surface area contributed by atoms with Gasteiger partial charge in [0.1, 0.15) is 0 Å². The summed E-state index contributed by atoms with van der Waals surface area (Å²) in [5.74, 6) is 0.378. The molecule has 0 saturated heterocycles. The Balaban J connectivity index is 2.54. The first-order chi connectivity index (χ1) is 6.57. The number of hydrogen-bond acceptors (Lipinski definition) is 3. The maximum atomic E-state index is 11.2. The van der Waals surface area contributed by atoms with Crippen LogP contribution in [0.2, 0.25) is 0 Å². The highest BCUT2D eigenvalue weighted by molar-refractivity contribution is 7.91. The molecule has 0 N–H and O–H groups in total. The Hall–Kier alpha value is -0.840. The Morgan fingerprint density at radius 2 is 2.14 bits per heavy atom. The van der Waals surface area contributed by atoms with E-state index in [9.17, 15) is 8.42 Å². The van der Waals surface area contributed by atoms with Crippen LogP contribution in [0.3, 0.4) is 0 Å². The molecule has 0 aliphatic rings. The summed E-state index contributed by atoms with van der Waals surface area (Å²) in [7, 11) is -2.88. The summed E-state index contributed by atoms with van der Waals surface area (Å²) in [6.45, 7) is 4.14. The van der Waals surface area contributed by atoms with Crippen LogP contribution >= 0.6 is 0 Å². The van der Waals surface area contributed by atoms with Crippen molar-refractivity contribution in [3.05, 3.63) is 18.0 Å². The van der Waals surface area contributed by atoms with Crippen molar-refractivity contribution in [1.29, 1.82) is 0 Å². The lowest BCUT2D eigenvalue weighted by Gasteiger charge is -2.01. The van der Waals surface area contributed by atoms with E-state index in [1.807, 2.05) is 19.2 Å². The lowest BCUT2D eigenvalue weighted by molar-refractivity contribution is 0.580. The molecule has 0 aliphatic heterocycles. The van der Waals surface area contributed by atoms with Crippen molar-refractivity contribution >= 4 is 9.84 Å². The Morgan fingerprint density at radius 3 is 2.64 bits per heavy atom. The van der Waals surface area contributed by atoms with Crippen molar-refractivity contribution in [1.82, 2.24) is 9.78 Å². The van der Waals surface area contributed by atoms with Crippen molar-refractivity contribution in [2.24, 2.45) is 0 Å². The maximum Gasteiger partial charge on any atom is 0.151 e. The zero-order valence-corrected chi connectivity index (χ0v) is 9.42. The Labute approximate surface area is 84.9 Å². The first-order valence-corrected chi connectivity index (χ1v) is 6.62. The van der Waals surface area contributed by atoms with Crippen LogP contribution in [-0.2, 0) is 22.8 Å². The minimum atomic E-state index is -2.88. The highest BCUT2D eigenvalue weighted by atomic mass is 32.2. The second-order valence-corrected chi connectivity index (χ2v) is 5.63. The van der Waals surface area contributed by atoms with Gasteiger partial charge in [0, 0.05) is 11.9 Å². The largest absolute Gasteiger partial charge is 0.271 e. The van der Waals surface area contributed by atoms with Crippen LogP contribution in [0.15, 0.2) is 12.3 Å². The highest BCUT2D eigenvalue weighted by Crippen LogP contribution is 1.98. The standard InChI is InChI=1S/C9H16N2O2S/c1-3-9-5-6-11(10-9)7-8-14(12,13)4-2/h5-6H,3-4,7-8H2,1-2H3. The number of rotatable bonds is 5. The van der Waals surface area contributed by atoms with Gasteiger partial charge in [-0.2, -0.15) is 5.10 Å². The summed E-state index contributed by atoms with van der Waals surface area (Å²) >= 11 is 0. The fourth-order valence-electron chi connectivity index (χ4n) is 1.09. The molecular weight excluding hydrogens is 200 g/mol. The van der Waals surface area contributed by atoms with Gasteiger partial charge in [-0.25, -0.2) is 8.42 Å². The molecule has 0 spiro atoms. The van der Waals surface area contributed by atoms with E-state index in [0.717, 1.165) is 12.1 Å². The monoisotopic (exact) mass is 216 g/mol. The molecule has 5 heteroatoms. The van der Waals surface area contributed by atoms with Crippen molar-refractivity contribution < 1.29 is 8.42 Å². The smallest absolute Gasteiger partial charge is 0.151 e. The zero-order chi connectivity index (χ0) is 10.6. The molecule has 0 aromatic carbocycles. The fraction of sp³-hybridized carbons (Fsp3) is 0.667. The molecule has 0 aliphatic carbocycles. The van der Waals surface area contributed by atoms with Crippen LogP contribution in [0.4, 0.5) is 0 Å². The SMILES string of the molecule is CCc1ccn(CCS(=O)(=O)CC)n1. The quantitative estimate of drug-likeness (QED) is 0.734. The van der Waals surface area contributed by atoms with Gasteiger partial charge in [0.15, 0.2) is 9.84 Å². The van der Waals surface area contributed by atoms with Gasteiger partial charge in [-0.05, 0) is 12.5 Å². The second-order valence-electron chi connectivity index (χ2n) is 3.16. The molecule has 1 rings (SSSR count). The van der Waals surface area contributed by atoms with Crippen molar-refractivity contribution in [3.8, 4) is 0 Å². The van der Waals surface area contributed by atoms with Gasteiger partial charge in [0.05, 0.1) is 18.0 Å². The Bertz CT molecular complexity index is 381. The summed E-state index contributed by atoms with van der Waals surface area (Å²) in [6, 6.07) is 1.92. The molecular formula is C9H16N2O2S. The van der Waals surface area contributed by atoms with Crippen molar-refractivity contribution in [2.75, 3.05) is 11.5 Å². The molecule has 14 heavy (non-hydrogen) atoms. The van der Waals surface area contributed by atoms with Gasteiger partial charge in [-0.1, -0.05) is 13.8 Å². The molecule has 1 heterocycles. The molecule has 0 atom stereocenters. The molecule has 1 aromatic heterocycles. The van der Waals surface area contributed by atoms with E-state index in [1.165, 1.54) is 0 Å². The van der Waals surface area contributed by atoms with Crippen LogP contribution in [-0.4, -0.2) is 29.7 Å². The molecule has 80 valence electrons. The molecule has 0 amide bonds. The van der Waals surface area contributed by atoms with E-state index in [0.29, 0.717) is 6.54 Å². The van der Waals surface area contributed by atoms with Crippen LogP contribution in [0, 0.1) is 0 Å². The van der Waals surface area contributed by atoms with E-state index in [1.54, 1.807) is 11.6 Å². The number of sulfone groups is 1. The maximum absolute atomic E-state index is 11.2. The van der Waals surface area contributed by atoms with Crippen molar-refractivity contribution in [3.63, 3.8) is 0 Å². The molecule has 4 nitrogen and oxygen atoms in total. The van der Waals surface area contributed by atoms with Crippen LogP contribution in [0.5, 0.6) is 0 Å². The third-order valence-electron chi connectivity index (χ3n) is 2.13. The van der Waals surface area contributed by atoms with E-state index < -0.39 is 9.84 Å². The zero-order valence-electron chi connectivity index (χ0n) is 8.60. The summed E-state index contributed by atoms with van der Waals surface area (Å²) in [5, 5.41) is 4.22. The molecule has 0 saturated carbocycles. The molecule has 0 unspecified atom stereocenters. The van der Waals surface area contributed by atoms with Gasteiger partial charge in [-0.15, -0.1) is 0 Å². The topological polar surface area (TPSA) is 52.0 Å². The van der Waals surface area contributed by atoms with E-state index in [-0.39, 0.29) is 11.5 Å². The minimum Gasteiger partial charge on any atom is -0.271 e. The van der Waals surface area contributed by atoms with Crippen LogP contribution in [0.1, 0.15) is 19.5 Å². The fourth-order valence-corrected chi connectivity index (χ4v) is 1.85. The summed E-state index contributed by atoms with van der Waals surface area (Å²) in [5.41, 5.74) is 0.999. The average Bonchev–Trinajstić information content (AvgIpc) is 2.63. The van der Waals surface area contributed by atoms with Gasteiger partial charge in [0.25, 0.3) is 0 Å². The summed E-state index contributed by atoms with van der Waals surface area (Å²) in [4.78, 5) is 0. The second kappa shape index (κ2) is 4.59. The molecule has 0 fully saturated rings. The van der Waals surface area contributed by atoms with E-state index in [2.05, 4.69) is 5.10 Å². The average molecular weight is 216 g/mol. The van der Waals surface area contributed by atoms with Crippen LogP contribution < -0.4 is 0 Å². The predicted octanol–water partition coefficient (Wildman–Crippen LogP) is 0.880. The third-order valence-corrected chi connectivity index (χ3v) is 3.81. The first-order valence-electron chi connectivity index (χ1n) is 4.80. The Kier molecular flexibility index (Phi) is 3.69. The predicted molar refractivity (Wildman–Crippen MR) is 55.9 cm³/mol. The van der Waals surface area contributed by atoms with E-state index >= 15 is 0 Å². The van der Waals surface area contributed by atoms with Gasteiger partial charge in [-0.3, -0.25) is 4.68 Å². The van der Waals surface area contributed by atoms with Gasteiger partial charge >= 0.3 is 0 Å². The molecule has 0 bridgehead atoms. The third kappa shape index (κ3) is 3.14. The molecule has 1 aromatic rings. The normalized spacial score (nSPS) is 11.9. The number of aromatic nitrogens is 2. The van der Waals surface area contributed by atoms with Gasteiger partial charge in [0.2, 0.25) is 0 Å². The lowest BCUT2D eigenvalue weighted by atomic mass is 10.4. The number of hydrogen-bond donors (Lipinski definition) is 0. The molecule has 0 radical (unpaired) electrons. The van der Waals surface area contributed by atoms with Crippen LogP contribution in [0.25, 0.3) is 0 Å². The number of nitrogens with zero attached hydrogens (tertiary/aromatic N) is 2. The van der Waals surface area contributed by atoms with Gasteiger partial charge < -0.3 is 0 Å².